The van der Waals surface area contributed by atoms with Crippen molar-refractivity contribution in [2.45, 2.75) is 69.4 Å². The highest BCUT2D eigenvalue weighted by atomic mass is 19.4. The lowest BCUT2D eigenvalue weighted by Gasteiger charge is -2.42. The van der Waals surface area contributed by atoms with Crippen molar-refractivity contribution < 1.29 is 31.1 Å². The third-order valence-corrected chi connectivity index (χ3v) is 6.20. The van der Waals surface area contributed by atoms with Crippen LogP contribution in [0.15, 0.2) is 18.2 Å². The van der Waals surface area contributed by atoms with Crippen LogP contribution in [-0.2, 0) is 23.6 Å². The molecule has 2 aliphatic rings. The summed E-state index contributed by atoms with van der Waals surface area (Å²) in [4.78, 5) is 16.7. The Morgan fingerprint density at radius 3 is 2.00 bits per heavy atom. The van der Waals surface area contributed by atoms with Crippen LogP contribution in [0.5, 0.6) is 0 Å². The first kappa shape index (κ1) is 22.9. The van der Waals surface area contributed by atoms with E-state index in [2.05, 4.69) is 4.90 Å². The highest BCUT2D eigenvalue weighted by Crippen LogP contribution is 2.37. The van der Waals surface area contributed by atoms with Crippen LogP contribution < -0.4 is 0 Å². The fourth-order valence-electron chi connectivity index (χ4n) is 4.65. The van der Waals surface area contributed by atoms with Gasteiger partial charge in [0.2, 0.25) is 5.91 Å². The topological polar surface area (TPSA) is 23.6 Å². The molecule has 1 aromatic rings. The van der Waals surface area contributed by atoms with Gasteiger partial charge < -0.3 is 4.90 Å². The van der Waals surface area contributed by atoms with E-state index in [1.807, 2.05) is 0 Å². The predicted octanol–water partition coefficient (Wildman–Crippen LogP) is 5.13. The van der Waals surface area contributed by atoms with Gasteiger partial charge in [-0.15, -0.1) is 0 Å². The molecule has 0 N–H and O–H groups in total. The summed E-state index contributed by atoms with van der Waals surface area (Å²) in [5, 5.41) is 0. The Bertz CT molecular complexity index is 723. The van der Waals surface area contributed by atoms with E-state index >= 15 is 0 Å². The van der Waals surface area contributed by atoms with Crippen molar-refractivity contribution in [2.75, 3.05) is 20.1 Å². The largest absolute Gasteiger partial charge is 0.416 e. The second-order valence-electron chi connectivity index (χ2n) is 8.26. The van der Waals surface area contributed by atoms with Crippen LogP contribution in [-0.4, -0.2) is 47.9 Å². The van der Waals surface area contributed by atoms with E-state index in [-0.39, 0.29) is 23.7 Å². The minimum absolute atomic E-state index is 0.0720. The number of rotatable bonds is 4. The molecule has 1 heterocycles. The number of likely N-dealkylation sites (N-methyl/N-ethyl adjacent to an activating group) is 1. The summed E-state index contributed by atoms with van der Waals surface area (Å²) in [5.41, 5.74) is -3.06. The number of benzene rings is 1. The van der Waals surface area contributed by atoms with Crippen molar-refractivity contribution in [2.24, 2.45) is 0 Å². The molecule has 1 aliphatic carbocycles. The number of halogens is 6. The normalized spacial score (nSPS) is 23.6. The summed E-state index contributed by atoms with van der Waals surface area (Å²) in [6.07, 6.45) is -4.38. The molecule has 0 aromatic heterocycles. The first-order valence-electron chi connectivity index (χ1n) is 10.2. The molecule has 1 aromatic carbocycles. The van der Waals surface area contributed by atoms with Gasteiger partial charge in [0, 0.05) is 19.1 Å². The van der Waals surface area contributed by atoms with Gasteiger partial charge in [0.15, 0.2) is 0 Å². The number of carbonyl (C=O) groups excluding carboxylic acids is 1. The molecule has 9 heteroatoms. The van der Waals surface area contributed by atoms with E-state index < -0.39 is 35.8 Å². The van der Waals surface area contributed by atoms with Crippen LogP contribution >= 0.6 is 0 Å². The van der Waals surface area contributed by atoms with E-state index in [0.29, 0.717) is 12.1 Å². The van der Waals surface area contributed by atoms with Crippen LogP contribution in [0.1, 0.15) is 55.2 Å². The molecule has 0 radical (unpaired) electrons. The van der Waals surface area contributed by atoms with Gasteiger partial charge in [-0.05, 0) is 62.5 Å². The van der Waals surface area contributed by atoms with Crippen molar-refractivity contribution in [3.63, 3.8) is 0 Å². The number of carbonyl (C=O) groups is 1. The number of hydrogen-bond acceptors (Lipinski definition) is 2. The third-order valence-electron chi connectivity index (χ3n) is 6.20. The second kappa shape index (κ2) is 8.77. The Hall–Kier alpha value is -1.77. The number of nitrogens with zero attached hydrogens (tertiary/aromatic N) is 2. The summed E-state index contributed by atoms with van der Waals surface area (Å²) in [6.45, 7) is 1.93. The zero-order valence-corrected chi connectivity index (χ0v) is 16.8. The average Bonchev–Trinajstić information content (AvgIpc) is 3.20. The Morgan fingerprint density at radius 1 is 0.933 bits per heavy atom. The van der Waals surface area contributed by atoms with Crippen LogP contribution in [0, 0.1) is 0 Å². The lowest BCUT2D eigenvalue weighted by Crippen LogP contribution is -2.53. The first-order valence-corrected chi connectivity index (χ1v) is 10.2. The summed E-state index contributed by atoms with van der Waals surface area (Å²) in [7, 11) is 1.61. The Balaban J connectivity index is 1.80. The Labute approximate surface area is 172 Å². The molecule has 2 fully saturated rings. The van der Waals surface area contributed by atoms with Gasteiger partial charge in [0.05, 0.1) is 17.5 Å². The monoisotopic (exact) mass is 436 g/mol. The quantitative estimate of drug-likeness (QED) is 0.611. The highest BCUT2D eigenvalue weighted by Gasteiger charge is 2.38. The van der Waals surface area contributed by atoms with Gasteiger partial charge in [-0.2, -0.15) is 26.3 Å². The van der Waals surface area contributed by atoms with Gasteiger partial charge in [-0.3, -0.25) is 9.69 Å². The zero-order chi connectivity index (χ0) is 22.1. The fraction of sp³-hybridized carbons (Fsp3) is 0.667. The predicted molar refractivity (Wildman–Crippen MR) is 99.8 cm³/mol. The van der Waals surface area contributed by atoms with Crippen molar-refractivity contribution in [1.29, 1.82) is 0 Å². The van der Waals surface area contributed by atoms with E-state index in [9.17, 15) is 31.1 Å². The minimum Gasteiger partial charge on any atom is -0.341 e. The van der Waals surface area contributed by atoms with Gasteiger partial charge in [0.25, 0.3) is 0 Å². The van der Waals surface area contributed by atoms with Gasteiger partial charge in [-0.1, -0.05) is 12.8 Å². The molecule has 3 rings (SSSR count). The smallest absolute Gasteiger partial charge is 0.341 e. The molecule has 1 amide bonds. The third kappa shape index (κ3) is 5.28. The lowest BCUT2D eigenvalue weighted by atomic mass is 9.88. The first-order chi connectivity index (χ1) is 14.0. The number of likely N-dealkylation sites (tertiary alicyclic amines) is 1. The van der Waals surface area contributed by atoms with Gasteiger partial charge in [-0.25, -0.2) is 0 Å². The summed E-state index contributed by atoms with van der Waals surface area (Å²) >= 11 is 0. The summed E-state index contributed by atoms with van der Waals surface area (Å²) in [6, 6.07) is 1.49. The summed E-state index contributed by atoms with van der Waals surface area (Å²) in [5.74, 6) is -0.460. The zero-order valence-electron chi connectivity index (χ0n) is 16.8. The van der Waals surface area contributed by atoms with Crippen LogP contribution in [0.3, 0.4) is 0 Å². The maximum absolute atomic E-state index is 13.1. The summed E-state index contributed by atoms with van der Waals surface area (Å²) < 4.78 is 78.5. The number of alkyl halides is 6. The molecule has 168 valence electrons. The van der Waals surface area contributed by atoms with Gasteiger partial charge in [0.1, 0.15) is 0 Å². The molecule has 2 atom stereocenters. The molecular weight excluding hydrogens is 410 g/mol. The van der Waals surface area contributed by atoms with Crippen molar-refractivity contribution in [3.05, 3.63) is 34.9 Å². The molecule has 0 unspecified atom stereocenters. The minimum atomic E-state index is -4.92. The Morgan fingerprint density at radius 2 is 1.47 bits per heavy atom. The highest BCUT2D eigenvalue weighted by molar-refractivity contribution is 5.79. The molecule has 1 saturated carbocycles. The van der Waals surface area contributed by atoms with Crippen molar-refractivity contribution >= 4 is 5.91 Å². The number of amides is 1. The molecule has 1 aliphatic heterocycles. The SMILES string of the molecule is CN(C(=O)Cc1cc(C(F)(F)F)cc(C(F)(F)F)c1)[C@@H]1CCCC[C@H]1N1CCCC1. The Kier molecular flexibility index (Phi) is 6.69. The number of hydrogen-bond donors (Lipinski definition) is 0. The molecular formula is C21H26F6N2O. The van der Waals surface area contributed by atoms with Crippen molar-refractivity contribution in [3.8, 4) is 0 Å². The molecule has 0 bridgehead atoms. The second-order valence-corrected chi connectivity index (χ2v) is 8.26. The molecule has 1 saturated heterocycles. The standard InChI is InChI=1S/C21H26F6N2O/c1-28(17-6-2-3-7-18(17)29-8-4-5-9-29)19(30)12-14-10-15(20(22,23)24)13-16(11-14)21(25,26)27/h10-11,13,17-18H,2-9,12H2,1H3/t17-,18-/m1/s1. The fourth-order valence-corrected chi connectivity index (χ4v) is 4.65. The van der Waals surface area contributed by atoms with E-state index in [0.717, 1.165) is 51.6 Å². The lowest BCUT2D eigenvalue weighted by molar-refractivity contribution is -0.143. The molecule has 30 heavy (non-hydrogen) atoms. The van der Waals surface area contributed by atoms with Crippen LogP contribution in [0.25, 0.3) is 0 Å². The maximum Gasteiger partial charge on any atom is 0.416 e. The van der Waals surface area contributed by atoms with E-state index in [1.54, 1.807) is 7.05 Å². The van der Waals surface area contributed by atoms with Crippen LogP contribution in [0.2, 0.25) is 0 Å². The molecule has 0 spiro atoms. The van der Waals surface area contributed by atoms with Crippen molar-refractivity contribution in [1.82, 2.24) is 9.80 Å². The van der Waals surface area contributed by atoms with Crippen LogP contribution in [0.4, 0.5) is 26.3 Å². The molecule has 3 nitrogen and oxygen atoms in total. The average molecular weight is 436 g/mol. The van der Waals surface area contributed by atoms with Gasteiger partial charge >= 0.3 is 12.4 Å². The maximum atomic E-state index is 13.1. The van der Waals surface area contributed by atoms with E-state index in [4.69, 9.17) is 0 Å². The van der Waals surface area contributed by atoms with E-state index in [1.165, 1.54) is 4.90 Å².